The molecule has 9 rings (SSSR count). The highest BCUT2D eigenvalue weighted by Crippen LogP contribution is 2.56. The van der Waals surface area contributed by atoms with Crippen molar-refractivity contribution in [2.45, 2.75) is 73.4 Å². The minimum absolute atomic E-state index is 0.0466. The molecule has 5 aliphatic rings. The van der Waals surface area contributed by atoms with Crippen LogP contribution in [0.25, 0.3) is 21.5 Å². The molecule has 0 spiro atoms. The summed E-state index contributed by atoms with van der Waals surface area (Å²) in [5, 5.41) is 3.44. The van der Waals surface area contributed by atoms with Crippen molar-refractivity contribution in [3.63, 3.8) is 0 Å². The molecule has 0 fully saturated rings. The molecule has 4 aromatic rings. The molecule has 0 bridgehead atoms. The first-order valence-corrected chi connectivity index (χ1v) is 19.1. The van der Waals surface area contributed by atoms with Crippen LogP contribution in [0.3, 0.4) is 0 Å². The Bertz CT molecular complexity index is 2510. The normalized spacial score (nSPS) is 23.8. The van der Waals surface area contributed by atoms with Crippen molar-refractivity contribution >= 4 is 58.9 Å². The summed E-state index contributed by atoms with van der Waals surface area (Å²) in [7, 11) is -8.65. The van der Waals surface area contributed by atoms with Gasteiger partial charge in [0.25, 0.3) is 20.2 Å². The molecule has 0 aliphatic carbocycles. The van der Waals surface area contributed by atoms with Crippen LogP contribution in [-0.2, 0) is 35.8 Å². The summed E-state index contributed by atoms with van der Waals surface area (Å²) in [6.45, 7) is 10.5. The van der Waals surface area contributed by atoms with Gasteiger partial charge in [0.1, 0.15) is 0 Å². The molecule has 0 amide bonds. The van der Waals surface area contributed by atoms with Crippen LogP contribution >= 0.6 is 0 Å². The zero-order valence-corrected chi connectivity index (χ0v) is 28.6. The first kappa shape index (κ1) is 30.2. The molecular weight excluding hydrogens is 649 g/mol. The van der Waals surface area contributed by atoms with Gasteiger partial charge in [-0.25, -0.2) is 0 Å². The Morgan fingerprint density at radius 1 is 0.771 bits per heavy atom. The molecule has 5 aliphatic heterocycles. The largest absolute Gasteiger partial charge is 0.365 e. The Morgan fingerprint density at radius 3 is 2.04 bits per heavy atom. The summed E-state index contributed by atoms with van der Waals surface area (Å²) in [5.41, 5.74) is 8.38. The molecule has 246 valence electrons. The fourth-order valence-electron chi connectivity index (χ4n) is 9.41. The molecule has 11 heteroatoms. The van der Waals surface area contributed by atoms with Crippen molar-refractivity contribution in [3.8, 4) is 0 Å². The van der Waals surface area contributed by atoms with E-state index < -0.39 is 31.1 Å². The monoisotopic (exact) mass is 683 g/mol. The van der Waals surface area contributed by atoms with Crippen molar-refractivity contribution in [3.05, 3.63) is 94.7 Å². The standard InChI is InChI=1S/C37H34N2O7S2/c1-36(2)32-24-9-7-22(47(40,41)42)17-20(24)5-11-28(32)38-15-13-30-26(34(36)38)19-27-31(46-30)14-16-39-29-12-6-21-18-23(48(43,44)45)8-10-25(21)33(29)37(3,4)35(27)39/h5-12,17-19,30-31H,13-16H2,1-4H3,(H-,40,41,42,43,44,45)/p+1. The van der Waals surface area contributed by atoms with E-state index in [2.05, 4.69) is 55.4 Å². The fraction of sp³-hybridized carbons (Fsp3) is 0.324. The maximum atomic E-state index is 11.9. The van der Waals surface area contributed by atoms with Gasteiger partial charge in [0, 0.05) is 52.5 Å². The Morgan fingerprint density at radius 2 is 1.40 bits per heavy atom. The Labute approximate surface area is 279 Å². The molecular formula is C37H35N2O7S2+. The van der Waals surface area contributed by atoms with Gasteiger partial charge in [-0.1, -0.05) is 32.0 Å². The Kier molecular flexibility index (Phi) is 5.93. The number of allylic oxidation sites excluding steroid dienone is 1. The summed E-state index contributed by atoms with van der Waals surface area (Å²) in [5.74, 6) is 0. The zero-order chi connectivity index (χ0) is 33.7. The summed E-state index contributed by atoms with van der Waals surface area (Å²) >= 11 is 0. The predicted molar refractivity (Wildman–Crippen MR) is 184 cm³/mol. The number of nitrogens with zero attached hydrogens (tertiary/aromatic N) is 2. The van der Waals surface area contributed by atoms with Crippen LogP contribution in [0.4, 0.5) is 11.4 Å². The first-order valence-electron chi connectivity index (χ1n) is 16.2. The van der Waals surface area contributed by atoms with E-state index in [9.17, 15) is 25.9 Å². The SMILES string of the molecule is CC1(C)C2=C3C=C4C5=[N+](CCC4OC3CCN2c2ccc3cc(S(=O)(=O)O)ccc3c21)c1ccc2cc(S(=O)(=O)O)ccc2c1C5(C)C. The molecule has 0 aromatic heterocycles. The lowest BCUT2D eigenvalue weighted by Crippen LogP contribution is -2.47. The van der Waals surface area contributed by atoms with Gasteiger partial charge in [-0.15, -0.1) is 0 Å². The fourth-order valence-corrected chi connectivity index (χ4v) is 10.4. The van der Waals surface area contributed by atoms with Crippen LogP contribution in [-0.4, -0.2) is 61.5 Å². The summed E-state index contributed by atoms with van der Waals surface area (Å²) in [6.07, 6.45) is 3.97. The van der Waals surface area contributed by atoms with Gasteiger partial charge in [-0.3, -0.25) is 9.11 Å². The predicted octanol–water partition coefficient (Wildman–Crippen LogP) is 6.42. The molecule has 2 N–H and O–H groups in total. The number of hydrogen-bond donors (Lipinski definition) is 2. The van der Waals surface area contributed by atoms with Crippen molar-refractivity contribution in [2.24, 2.45) is 0 Å². The van der Waals surface area contributed by atoms with Gasteiger partial charge < -0.3 is 9.64 Å². The Balaban J connectivity index is 1.21. The van der Waals surface area contributed by atoms with E-state index >= 15 is 0 Å². The molecule has 0 saturated carbocycles. The van der Waals surface area contributed by atoms with Gasteiger partial charge in [0.05, 0.1) is 27.4 Å². The second kappa shape index (κ2) is 9.42. The molecule has 5 heterocycles. The average molecular weight is 684 g/mol. The van der Waals surface area contributed by atoms with Crippen molar-refractivity contribution in [1.82, 2.24) is 0 Å². The number of fused-ring (bicyclic) bond motifs is 12. The topological polar surface area (TPSA) is 124 Å². The third-order valence-electron chi connectivity index (χ3n) is 11.2. The van der Waals surface area contributed by atoms with Gasteiger partial charge in [0.2, 0.25) is 5.69 Å². The van der Waals surface area contributed by atoms with Crippen molar-refractivity contribution in [1.29, 1.82) is 0 Å². The molecule has 0 saturated heterocycles. The molecule has 9 nitrogen and oxygen atoms in total. The van der Waals surface area contributed by atoms with E-state index in [1.807, 2.05) is 24.3 Å². The van der Waals surface area contributed by atoms with Crippen LogP contribution in [0.2, 0.25) is 0 Å². The third-order valence-corrected chi connectivity index (χ3v) is 12.9. The second-order valence-electron chi connectivity index (χ2n) is 14.6. The van der Waals surface area contributed by atoms with E-state index in [0.717, 1.165) is 70.0 Å². The van der Waals surface area contributed by atoms with Gasteiger partial charge in [-0.2, -0.15) is 21.4 Å². The molecule has 2 unspecified atom stereocenters. The minimum Gasteiger partial charge on any atom is -0.365 e. The lowest BCUT2D eigenvalue weighted by molar-refractivity contribution is -0.445. The third kappa shape index (κ3) is 3.96. The quantitative estimate of drug-likeness (QED) is 0.183. The number of anilines is 1. The lowest BCUT2D eigenvalue weighted by Gasteiger charge is -2.42. The second-order valence-corrected chi connectivity index (χ2v) is 17.5. The van der Waals surface area contributed by atoms with Crippen LogP contribution in [0.1, 0.15) is 51.7 Å². The van der Waals surface area contributed by atoms with Crippen molar-refractivity contribution < 1.29 is 35.3 Å². The lowest BCUT2D eigenvalue weighted by atomic mass is 9.73. The maximum absolute atomic E-state index is 11.9. The maximum Gasteiger partial charge on any atom is 0.294 e. The van der Waals surface area contributed by atoms with Crippen molar-refractivity contribution in [2.75, 3.05) is 18.0 Å². The number of hydrogen-bond acceptors (Lipinski definition) is 6. The minimum atomic E-state index is -4.33. The summed E-state index contributed by atoms with van der Waals surface area (Å²) < 4.78 is 76.4. The molecule has 48 heavy (non-hydrogen) atoms. The number of benzene rings is 4. The van der Waals surface area contributed by atoms with Crippen LogP contribution in [0.15, 0.2) is 93.4 Å². The van der Waals surface area contributed by atoms with E-state index in [0.29, 0.717) is 0 Å². The molecule has 4 aromatic carbocycles. The van der Waals surface area contributed by atoms with E-state index in [-0.39, 0.29) is 22.0 Å². The van der Waals surface area contributed by atoms with Crippen LogP contribution in [0.5, 0.6) is 0 Å². The number of ether oxygens (including phenoxy) is 1. The summed E-state index contributed by atoms with van der Waals surface area (Å²) in [4.78, 5) is 2.17. The smallest absolute Gasteiger partial charge is 0.294 e. The van der Waals surface area contributed by atoms with Gasteiger partial charge in [-0.05, 0) is 89.9 Å². The van der Waals surface area contributed by atoms with E-state index in [1.54, 1.807) is 0 Å². The van der Waals surface area contributed by atoms with E-state index in [1.165, 1.54) is 46.8 Å². The highest BCUT2D eigenvalue weighted by molar-refractivity contribution is 7.86. The van der Waals surface area contributed by atoms with Crippen LogP contribution < -0.4 is 4.90 Å². The zero-order valence-electron chi connectivity index (χ0n) is 27.0. The summed E-state index contributed by atoms with van der Waals surface area (Å²) in [6, 6.07) is 17.6. The van der Waals surface area contributed by atoms with E-state index in [4.69, 9.17) is 4.74 Å². The van der Waals surface area contributed by atoms with Gasteiger partial charge in [0.15, 0.2) is 12.3 Å². The first-order chi connectivity index (χ1) is 22.6. The Hall–Kier alpha value is -3.87. The van der Waals surface area contributed by atoms with Gasteiger partial charge >= 0.3 is 0 Å². The average Bonchev–Trinajstić information content (AvgIpc) is 3.42. The van der Waals surface area contributed by atoms with Crippen LogP contribution in [0, 0.1) is 0 Å². The highest BCUT2D eigenvalue weighted by Gasteiger charge is 2.55. The number of rotatable bonds is 2. The highest BCUT2D eigenvalue weighted by atomic mass is 32.2. The molecule has 2 atom stereocenters. The molecule has 0 radical (unpaired) electrons.